The zero-order valence-corrected chi connectivity index (χ0v) is 24.2. The van der Waals surface area contributed by atoms with Gasteiger partial charge in [-0.15, -0.1) is 11.6 Å². The lowest BCUT2D eigenvalue weighted by Crippen LogP contribution is -2.52. The maximum atomic E-state index is 15.9. The number of halogens is 2. The highest BCUT2D eigenvalue weighted by atomic mass is 35.5. The van der Waals surface area contributed by atoms with Gasteiger partial charge in [0.1, 0.15) is 24.1 Å². The van der Waals surface area contributed by atoms with Crippen molar-refractivity contribution in [3.63, 3.8) is 0 Å². The first-order valence-corrected chi connectivity index (χ1v) is 13.8. The van der Waals surface area contributed by atoms with Gasteiger partial charge in [-0.25, -0.2) is 9.18 Å². The van der Waals surface area contributed by atoms with Crippen molar-refractivity contribution in [3.05, 3.63) is 34.6 Å². The van der Waals surface area contributed by atoms with E-state index in [1.165, 1.54) is 0 Å². The molecule has 1 saturated heterocycles. The van der Waals surface area contributed by atoms with Gasteiger partial charge in [0.2, 0.25) is 19.4 Å². The highest BCUT2D eigenvalue weighted by molar-refractivity contribution is 7.57. The molecule has 1 aromatic heterocycles. The first kappa shape index (κ1) is 32.9. The van der Waals surface area contributed by atoms with E-state index in [4.69, 9.17) is 40.6 Å². The summed E-state index contributed by atoms with van der Waals surface area (Å²) in [6, 6.07) is 1.15. The number of nitrogen functional groups attached to an aromatic ring is 1. The number of hydrogen-bond acceptors (Lipinski definition) is 12. The second-order valence-corrected chi connectivity index (χ2v) is 13.0. The Morgan fingerprint density at radius 1 is 1.23 bits per heavy atom. The summed E-state index contributed by atoms with van der Waals surface area (Å²) in [7, 11) is -4.41. The van der Waals surface area contributed by atoms with E-state index in [9.17, 15) is 24.1 Å². The van der Waals surface area contributed by atoms with Gasteiger partial charge in [-0.05, 0) is 53.7 Å². The van der Waals surface area contributed by atoms with Crippen molar-refractivity contribution in [3.8, 4) is 0 Å². The molecular weight excluding hydrogens is 564 g/mol. The van der Waals surface area contributed by atoms with E-state index in [0.717, 1.165) is 24.2 Å². The Balaban J connectivity index is 2.32. The standard InChI is InChI=1S/C23H34ClFN3O10P/c1-20(2,3)17(30)34-13-37-39(33,38-14-35-18(31)21(4,5)6)10-8-22(11-24)16(29)23(25,12-36-22)28-9-7-15(26)27-19(28)32/h7-10,16,29H,11-14H2,1-6H3,(H2,26,27,32)/b10-8-/t16-,22+,23+/m1/s1. The topological polar surface area (TPSA) is 178 Å². The summed E-state index contributed by atoms with van der Waals surface area (Å²) in [4.78, 5) is 39.8. The van der Waals surface area contributed by atoms with E-state index in [0.29, 0.717) is 4.57 Å². The van der Waals surface area contributed by atoms with E-state index in [1.807, 2.05) is 0 Å². The molecule has 0 aromatic carbocycles. The van der Waals surface area contributed by atoms with Gasteiger partial charge in [0.15, 0.2) is 0 Å². The van der Waals surface area contributed by atoms with Crippen LogP contribution in [0.25, 0.3) is 0 Å². The molecule has 220 valence electrons. The molecule has 0 spiro atoms. The molecule has 0 unspecified atom stereocenters. The van der Waals surface area contributed by atoms with Crippen LogP contribution in [0.5, 0.6) is 0 Å². The molecule has 1 aliphatic rings. The van der Waals surface area contributed by atoms with Gasteiger partial charge in [-0.2, -0.15) is 4.98 Å². The summed E-state index contributed by atoms with van der Waals surface area (Å²) < 4.78 is 55.6. The van der Waals surface area contributed by atoms with Gasteiger partial charge in [-0.1, -0.05) is 0 Å². The lowest BCUT2D eigenvalue weighted by Gasteiger charge is -2.30. The first-order chi connectivity index (χ1) is 17.8. The number of aliphatic hydroxyl groups excluding tert-OH is 1. The maximum absolute atomic E-state index is 15.9. The van der Waals surface area contributed by atoms with Crippen molar-refractivity contribution in [2.24, 2.45) is 10.8 Å². The lowest BCUT2D eigenvalue weighted by atomic mass is 9.94. The van der Waals surface area contributed by atoms with Crippen LogP contribution in [0.3, 0.4) is 0 Å². The molecule has 39 heavy (non-hydrogen) atoms. The van der Waals surface area contributed by atoms with Crippen LogP contribution in [-0.2, 0) is 43.2 Å². The average Bonchev–Trinajstić information content (AvgIpc) is 3.08. The van der Waals surface area contributed by atoms with Gasteiger partial charge in [0.25, 0.3) is 0 Å². The molecule has 2 rings (SSSR count). The fourth-order valence-electron chi connectivity index (χ4n) is 3.04. The molecule has 0 aliphatic carbocycles. The number of nitrogens with two attached hydrogens (primary N) is 1. The predicted octanol–water partition coefficient (Wildman–Crippen LogP) is 2.65. The second-order valence-electron chi connectivity index (χ2n) is 10.8. The van der Waals surface area contributed by atoms with E-state index < -0.39 is 79.6 Å². The Hall–Kier alpha value is -2.35. The number of ether oxygens (including phenoxy) is 3. The molecule has 13 nitrogen and oxygen atoms in total. The minimum atomic E-state index is -4.41. The first-order valence-electron chi connectivity index (χ1n) is 11.7. The predicted molar refractivity (Wildman–Crippen MR) is 137 cm³/mol. The molecule has 3 N–H and O–H groups in total. The molecule has 3 atom stereocenters. The summed E-state index contributed by atoms with van der Waals surface area (Å²) >= 11 is 6.02. The van der Waals surface area contributed by atoms with Crippen molar-refractivity contribution in [2.75, 3.05) is 31.8 Å². The number of alkyl halides is 2. The highest BCUT2D eigenvalue weighted by Gasteiger charge is 2.59. The van der Waals surface area contributed by atoms with Gasteiger partial charge in [0, 0.05) is 12.0 Å². The monoisotopic (exact) mass is 597 g/mol. The number of carbonyl (C=O) groups excluding carboxylic acids is 2. The zero-order valence-electron chi connectivity index (χ0n) is 22.5. The maximum Gasteiger partial charge on any atom is 0.359 e. The van der Waals surface area contributed by atoms with E-state index >= 15 is 4.39 Å². The largest absolute Gasteiger partial charge is 0.438 e. The van der Waals surface area contributed by atoms with Crippen molar-refractivity contribution < 1.29 is 46.9 Å². The molecule has 1 aromatic rings. The Bertz CT molecular complexity index is 1160. The summed E-state index contributed by atoms with van der Waals surface area (Å²) in [6.45, 7) is 7.06. The molecule has 0 saturated carbocycles. The van der Waals surface area contributed by atoms with Crippen LogP contribution in [0.1, 0.15) is 41.5 Å². The molecule has 1 fully saturated rings. The van der Waals surface area contributed by atoms with E-state index in [-0.39, 0.29) is 5.82 Å². The van der Waals surface area contributed by atoms with Crippen LogP contribution in [0, 0.1) is 10.8 Å². The summed E-state index contributed by atoms with van der Waals surface area (Å²) in [5, 5.41) is 10.9. The van der Waals surface area contributed by atoms with Crippen LogP contribution in [-0.4, -0.2) is 64.4 Å². The van der Waals surface area contributed by atoms with Gasteiger partial charge >= 0.3 is 25.2 Å². The van der Waals surface area contributed by atoms with Crippen LogP contribution in [0.15, 0.2) is 29.0 Å². The van der Waals surface area contributed by atoms with Crippen LogP contribution < -0.4 is 11.4 Å². The van der Waals surface area contributed by atoms with Crippen LogP contribution >= 0.6 is 19.2 Å². The zero-order chi connectivity index (χ0) is 29.9. The number of aromatic nitrogens is 2. The Kier molecular flexibility index (Phi) is 10.1. The van der Waals surface area contributed by atoms with Crippen molar-refractivity contribution in [2.45, 2.75) is 59.0 Å². The summed E-state index contributed by atoms with van der Waals surface area (Å²) in [6.07, 6.45) is -0.164. The van der Waals surface area contributed by atoms with Gasteiger partial charge in [0.05, 0.1) is 16.7 Å². The third kappa shape index (κ3) is 7.86. The fraction of sp³-hybridized carbons (Fsp3) is 0.652. The quantitative estimate of drug-likeness (QED) is 0.174. The summed E-state index contributed by atoms with van der Waals surface area (Å²) in [5.41, 5.74) is 0.550. The molecular formula is C23H34ClFN3O10P. The molecule has 0 amide bonds. The SMILES string of the molecule is CC(C)(C)C(=O)OCOP(=O)(/C=C\[C@@]1(CCl)OC[C@](F)(n2ccc(N)nc2=O)[C@@H]1O)OCOC(=O)C(C)(C)C. The van der Waals surface area contributed by atoms with Crippen LogP contribution in [0.2, 0.25) is 0 Å². The Morgan fingerprint density at radius 2 is 1.74 bits per heavy atom. The molecule has 0 radical (unpaired) electrons. The van der Waals surface area contributed by atoms with Crippen molar-refractivity contribution in [1.29, 1.82) is 0 Å². The number of aliphatic hydroxyl groups is 1. The second kappa shape index (κ2) is 12.0. The average molecular weight is 598 g/mol. The van der Waals surface area contributed by atoms with E-state index in [1.54, 1.807) is 41.5 Å². The smallest absolute Gasteiger partial charge is 0.359 e. The number of esters is 2. The van der Waals surface area contributed by atoms with Crippen molar-refractivity contribution in [1.82, 2.24) is 9.55 Å². The molecule has 0 bridgehead atoms. The summed E-state index contributed by atoms with van der Waals surface area (Å²) in [5.74, 6) is -4.10. The third-order valence-electron chi connectivity index (χ3n) is 5.47. The fourth-order valence-corrected chi connectivity index (χ4v) is 4.44. The van der Waals surface area contributed by atoms with Crippen molar-refractivity contribution >= 4 is 37.0 Å². The Labute approximate surface area is 229 Å². The minimum Gasteiger partial charge on any atom is -0.438 e. The van der Waals surface area contributed by atoms with E-state index in [2.05, 4.69) is 4.98 Å². The Morgan fingerprint density at radius 3 is 2.18 bits per heavy atom. The number of nitrogens with zero attached hydrogens (tertiary/aromatic N) is 2. The number of carbonyl (C=O) groups is 2. The molecule has 2 heterocycles. The third-order valence-corrected chi connectivity index (χ3v) is 7.33. The molecule has 16 heteroatoms. The minimum absolute atomic E-state index is 0.161. The molecule has 1 aliphatic heterocycles. The highest BCUT2D eigenvalue weighted by Crippen LogP contribution is 2.52. The van der Waals surface area contributed by atoms with Crippen LogP contribution in [0.4, 0.5) is 10.2 Å². The normalized spacial score (nSPS) is 24.2. The number of rotatable bonds is 10. The lowest BCUT2D eigenvalue weighted by molar-refractivity contribution is -0.161. The number of hydrogen-bond donors (Lipinski definition) is 2. The number of anilines is 1. The van der Waals surface area contributed by atoms with Gasteiger partial charge in [-0.3, -0.25) is 27.8 Å². The van der Waals surface area contributed by atoms with Gasteiger partial charge < -0.3 is 25.1 Å².